The molecule has 0 spiro atoms. The minimum absolute atomic E-state index is 0.0724. The molecule has 0 radical (unpaired) electrons. The highest BCUT2D eigenvalue weighted by molar-refractivity contribution is 7.14. The Bertz CT molecular complexity index is 1290. The van der Waals surface area contributed by atoms with Crippen molar-refractivity contribution in [3.8, 4) is 0 Å². The quantitative estimate of drug-likeness (QED) is 0.202. The maximum absolute atomic E-state index is 12.9. The van der Waals surface area contributed by atoms with E-state index in [0.717, 1.165) is 28.4 Å². The van der Waals surface area contributed by atoms with Crippen LogP contribution in [0.25, 0.3) is 5.76 Å². The van der Waals surface area contributed by atoms with Crippen molar-refractivity contribution in [1.82, 2.24) is 4.98 Å². The molecule has 0 aliphatic carbocycles. The van der Waals surface area contributed by atoms with Crippen LogP contribution in [0.2, 0.25) is 0 Å². The lowest BCUT2D eigenvalue weighted by Crippen LogP contribution is -2.29. The summed E-state index contributed by atoms with van der Waals surface area (Å²) in [4.78, 5) is 51.9. The Morgan fingerprint density at radius 2 is 1.72 bits per heavy atom. The number of thiazole rings is 1. The van der Waals surface area contributed by atoms with Crippen molar-refractivity contribution in [2.45, 2.75) is 6.04 Å². The number of hydrogen-bond donors (Lipinski definition) is 1. The summed E-state index contributed by atoms with van der Waals surface area (Å²) in [5, 5.41) is 34.8. The fourth-order valence-corrected chi connectivity index (χ4v) is 4.05. The van der Waals surface area contributed by atoms with Gasteiger partial charge in [-0.15, -0.1) is 11.3 Å². The number of benzene rings is 2. The number of carbonyl (C=O) groups excluding carboxylic acids is 2. The molecule has 2 heterocycles. The van der Waals surface area contributed by atoms with Gasteiger partial charge in [-0.05, 0) is 17.7 Å². The molecule has 12 heteroatoms. The number of carbonyl (C=O) groups is 2. The first kappa shape index (κ1) is 20.8. The summed E-state index contributed by atoms with van der Waals surface area (Å²) in [6, 6.07) is 8.97. The Kier molecular flexibility index (Phi) is 5.20. The third-order valence-corrected chi connectivity index (χ3v) is 5.59. The van der Waals surface area contributed by atoms with Crippen LogP contribution in [-0.4, -0.2) is 31.6 Å². The molecule has 0 saturated carbocycles. The van der Waals surface area contributed by atoms with E-state index < -0.39 is 33.3 Å². The molecule has 1 amide bonds. The largest absolute Gasteiger partial charge is 0.507 e. The fraction of sp³-hybridized carbons (Fsp3) is 0.0500. The van der Waals surface area contributed by atoms with Gasteiger partial charge < -0.3 is 5.11 Å². The third-order valence-electron chi connectivity index (χ3n) is 4.82. The van der Waals surface area contributed by atoms with E-state index in [1.807, 2.05) is 0 Å². The second-order valence-corrected chi connectivity index (χ2v) is 7.51. The zero-order chi connectivity index (χ0) is 23.0. The van der Waals surface area contributed by atoms with Crippen molar-refractivity contribution in [3.63, 3.8) is 0 Å². The maximum Gasteiger partial charge on any atom is 0.301 e. The van der Waals surface area contributed by atoms with Crippen LogP contribution in [0.3, 0.4) is 0 Å². The molecule has 2 aromatic carbocycles. The van der Waals surface area contributed by atoms with Gasteiger partial charge in [-0.2, -0.15) is 0 Å². The van der Waals surface area contributed by atoms with Crippen LogP contribution in [0.4, 0.5) is 16.5 Å². The van der Waals surface area contributed by atoms with Crippen molar-refractivity contribution < 1.29 is 24.5 Å². The van der Waals surface area contributed by atoms with E-state index in [-0.39, 0.29) is 33.2 Å². The molecule has 0 bridgehead atoms. The summed E-state index contributed by atoms with van der Waals surface area (Å²) in [5.41, 5.74) is -0.498. The maximum atomic E-state index is 12.9. The molecule has 32 heavy (non-hydrogen) atoms. The molecule has 3 aromatic rings. The van der Waals surface area contributed by atoms with Crippen molar-refractivity contribution in [2.24, 2.45) is 0 Å². The predicted molar refractivity (Wildman–Crippen MR) is 113 cm³/mol. The molecular formula is C20H12N4O7S. The summed E-state index contributed by atoms with van der Waals surface area (Å²) in [6.07, 6.45) is 1.43. The number of nitrogens with zero attached hydrogens (tertiary/aromatic N) is 4. The molecule has 1 aromatic heterocycles. The topological polar surface area (TPSA) is 157 Å². The lowest BCUT2D eigenvalue weighted by molar-refractivity contribution is -0.385. The summed E-state index contributed by atoms with van der Waals surface area (Å²) in [7, 11) is 0. The van der Waals surface area contributed by atoms with Gasteiger partial charge in [0.05, 0.1) is 21.5 Å². The average molecular weight is 452 g/mol. The lowest BCUT2D eigenvalue weighted by atomic mass is 9.95. The van der Waals surface area contributed by atoms with Gasteiger partial charge in [0.2, 0.25) is 0 Å². The molecule has 0 unspecified atom stereocenters. The monoisotopic (exact) mass is 452 g/mol. The summed E-state index contributed by atoms with van der Waals surface area (Å²) in [6.45, 7) is 0. The predicted octanol–water partition coefficient (Wildman–Crippen LogP) is 3.59. The zero-order valence-electron chi connectivity index (χ0n) is 15.9. The number of aliphatic hydroxyl groups is 1. The number of hydrogen-bond acceptors (Lipinski definition) is 9. The summed E-state index contributed by atoms with van der Waals surface area (Å²) < 4.78 is 0. The van der Waals surface area contributed by atoms with Gasteiger partial charge in [-0.1, -0.05) is 12.1 Å². The van der Waals surface area contributed by atoms with Crippen molar-refractivity contribution in [2.75, 3.05) is 4.90 Å². The van der Waals surface area contributed by atoms with E-state index in [9.17, 15) is 34.9 Å². The molecule has 11 nitrogen and oxygen atoms in total. The second kappa shape index (κ2) is 8.00. The van der Waals surface area contributed by atoms with Crippen LogP contribution in [0.5, 0.6) is 0 Å². The molecule has 1 atom stereocenters. The number of aliphatic hydroxyl groups excluding tert-OH is 1. The van der Waals surface area contributed by atoms with Gasteiger partial charge in [0, 0.05) is 41.4 Å². The van der Waals surface area contributed by atoms with Gasteiger partial charge in [0.15, 0.2) is 5.13 Å². The van der Waals surface area contributed by atoms with E-state index in [4.69, 9.17) is 0 Å². The number of aromatic nitrogens is 1. The van der Waals surface area contributed by atoms with Crippen molar-refractivity contribution in [3.05, 3.63) is 97.0 Å². The van der Waals surface area contributed by atoms with Crippen LogP contribution in [0.15, 0.2) is 65.7 Å². The van der Waals surface area contributed by atoms with E-state index >= 15 is 0 Å². The second-order valence-electron chi connectivity index (χ2n) is 6.64. The van der Waals surface area contributed by atoms with Gasteiger partial charge in [-0.25, -0.2) is 4.98 Å². The van der Waals surface area contributed by atoms with E-state index in [2.05, 4.69) is 4.98 Å². The number of non-ortho nitro benzene ring substituents is 2. The lowest BCUT2D eigenvalue weighted by Gasteiger charge is -2.22. The Balaban J connectivity index is 1.92. The highest BCUT2D eigenvalue weighted by Crippen LogP contribution is 2.43. The highest BCUT2D eigenvalue weighted by Gasteiger charge is 2.48. The summed E-state index contributed by atoms with van der Waals surface area (Å²) in [5.74, 6) is -2.53. The summed E-state index contributed by atoms with van der Waals surface area (Å²) >= 11 is 1.08. The standard InChI is InChI=1S/C20H12N4O7S/c25-17(11-4-6-13(7-5-11)23(28)29)15-16(12-2-1-3-14(10-12)24(30)31)22(19(27)18(15)26)20-21-8-9-32-20/h1-10,16,25H/t16-/m1/s1. The molecule has 1 aliphatic heterocycles. The third kappa shape index (κ3) is 3.48. The smallest absolute Gasteiger partial charge is 0.301 e. The molecule has 4 rings (SSSR count). The minimum Gasteiger partial charge on any atom is -0.507 e. The first-order chi connectivity index (χ1) is 15.3. The van der Waals surface area contributed by atoms with Crippen molar-refractivity contribution >= 4 is 45.3 Å². The highest BCUT2D eigenvalue weighted by atomic mass is 32.1. The Morgan fingerprint density at radius 3 is 2.31 bits per heavy atom. The van der Waals surface area contributed by atoms with Crippen molar-refractivity contribution in [1.29, 1.82) is 0 Å². The van der Waals surface area contributed by atoms with E-state index in [1.54, 1.807) is 5.38 Å². The fourth-order valence-electron chi connectivity index (χ4n) is 3.39. The Labute approximate surface area is 183 Å². The first-order valence-corrected chi connectivity index (χ1v) is 9.87. The van der Waals surface area contributed by atoms with E-state index in [0.29, 0.717) is 0 Å². The van der Waals surface area contributed by atoms with Gasteiger partial charge in [0.1, 0.15) is 5.76 Å². The number of Topliss-reactive ketones (excluding diaryl/α,β-unsaturated/α-hetero) is 1. The SMILES string of the molecule is O=C1C(=O)N(c2nccs2)[C@H](c2cccc([N+](=O)[O-])c2)C1=C(O)c1ccc([N+](=O)[O-])cc1. The molecule has 1 N–H and O–H groups in total. The average Bonchev–Trinajstić information content (AvgIpc) is 3.40. The Morgan fingerprint density at radius 1 is 1.03 bits per heavy atom. The first-order valence-electron chi connectivity index (χ1n) is 8.99. The zero-order valence-corrected chi connectivity index (χ0v) is 16.8. The van der Waals surface area contributed by atoms with E-state index in [1.165, 1.54) is 42.6 Å². The molecule has 1 fully saturated rings. The van der Waals surface area contributed by atoms with Gasteiger partial charge in [-0.3, -0.25) is 34.7 Å². The molecule has 1 aliphatic rings. The Hall–Kier alpha value is -4.45. The van der Waals surface area contributed by atoms with Gasteiger partial charge in [0.25, 0.3) is 17.2 Å². The number of anilines is 1. The van der Waals surface area contributed by atoms with Gasteiger partial charge >= 0.3 is 5.91 Å². The van der Waals surface area contributed by atoms with Crippen LogP contribution < -0.4 is 4.90 Å². The number of amides is 1. The number of ketones is 1. The number of nitro groups is 2. The number of nitro benzene ring substituents is 2. The minimum atomic E-state index is -1.18. The van der Waals surface area contributed by atoms with Crippen LogP contribution in [0.1, 0.15) is 17.2 Å². The normalized spacial score (nSPS) is 17.5. The van der Waals surface area contributed by atoms with Crippen LogP contribution in [0, 0.1) is 20.2 Å². The van der Waals surface area contributed by atoms with Crippen LogP contribution >= 0.6 is 11.3 Å². The molecular weight excluding hydrogens is 440 g/mol. The molecule has 160 valence electrons. The molecule has 1 saturated heterocycles. The van der Waals surface area contributed by atoms with Crippen LogP contribution in [-0.2, 0) is 9.59 Å². The number of rotatable bonds is 5.